The monoisotopic (exact) mass is 266 g/mol. The lowest BCUT2D eigenvalue weighted by atomic mass is 10.1. The van der Waals surface area contributed by atoms with Crippen LogP contribution in [0.3, 0.4) is 0 Å². The lowest BCUT2D eigenvalue weighted by Gasteiger charge is -2.14. The van der Waals surface area contributed by atoms with Gasteiger partial charge in [0.2, 0.25) is 5.91 Å². The van der Waals surface area contributed by atoms with Crippen molar-refractivity contribution in [3.8, 4) is 5.75 Å². The molecule has 0 radical (unpaired) electrons. The Morgan fingerprint density at radius 2 is 2.05 bits per heavy atom. The van der Waals surface area contributed by atoms with Gasteiger partial charge in [-0.05, 0) is 31.0 Å². The van der Waals surface area contributed by atoms with E-state index in [-0.39, 0.29) is 6.42 Å². The van der Waals surface area contributed by atoms with Gasteiger partial charge in [0, 0.05) is 0 Å². The summed E-state index contributed by atoms with van der Waals surface area (Å²) in [5.41, 5.74) is 7.68. The maximum absolute atomic E-state index is 11.7. The third-order valence-electron chi connectivity index (χ3n) is 2.62. The molecule has 4 N–H and O–H groups in total. The van der Waals surface area contributed by atoms with E-state index in [9.17, 15) is 9.59 Å². The van der Waals surface area contributed by atoms with Crippen LogP contribution in [0.25, 0.3) is 0 Å². The first kappa shape index (κ1) is 15.0. The number of hydrogen-bond donors (Lipinski definition) is 3. The normalized spacial score (nSPS) is 11.8. The molecule has 19 heavy (non-hydrogen) atoms. The van der Waals surface area contributed by atoms with Gasteiger partial charge in [-0.3, -0.25) is 9.59 Å². The van der Waals surface area contributed by atoms with Crippen molar-refractivity contribution in [3.63, 3.8) is 0 Å². The van der Waals surface area contributed by atoms with Crippen LogP contribution in [0, 0.1) is 13.8 Å². The summed E-state index contributed by atoms with van der Waals surface area (Å²) >= 11 is 0. The minimum absolute atomic E-state index is 0.286. The molecule has 0 fully saturated rings. The Bertz CT molecular complexity index is 500. The van der Waals surface area contributed by atoms with E-state index in [1.54, 1.807) is 6.07 Å². The third-order valence-corrected chi connectivity index (χ3v) is 2.62. The van der Waals surface area contributed by atoms with Crippen LogP contribution in [0.4, 0.5) is 5.69 Å². The molecule has 1 amide bonds. The number of nitrogens with one attached hydrogen (secondary N) is 1. The zero-order valence-electron chi connectivity index (χ0n) is 11.2. The van der Waals surface area contributed by atoms with Crippen LogP contribution >= 0.6 is 0 Å². The molecule has 0 aliphatic rings. The summed E-state index contributed by atoms with van der Waals surface area (Å²) in [5.74, 6) is -1.11. The number of benzene rings is 1. The summed E-state index contributed by atoms with van der Waals surface area (Å²) in [6.07, 6.45) is -0.286. The molecule has 0 aromatic heterocycles. The van der Waals surface area contributed by atoms with Crippen molar-refractivity contribution >= 4 is 17.6 Å². The second-order valence-corrected chi connectivity index (χ2v) is 4.36. The van der Waals surface area contributed by atoms with Gasteiger partial charge in [-0.2, -0.15) is 0 Å². The van der Waals surface area contributed by atoms with E-state index < -0.39 is 17.9 Å². The van der Waals surface area contributed by atoms with E-state index in [0.717, 1.165) is 11.1 Å². The second-order valence-electron chi connectivity index (χ2n) is 4.36. The number of amides is 1. The summed E-state index contributed by atoms with van der Waals surface area (Å²) in [4.78, 5) is 22.3. The van der Waals surface area contributed by atoms with Gasteiger partial charge in [-0.15, -0.1) is 0 Å². The van der Waals surface area contributed by atoms with Crippen LogP contribution in [0.2, 0.25) is 0 Å². The number of ether oxygens (including phenoxy) is 1. The van der Waals surface area contributed by atoms with Crippen molar-refractivity contribution in [1.29, 1.82) is 0 Å². The van der Waals surface area contributed by atoms with Crippen LogP contribution < -0.4 is 15.8 Å². The average Bonchev–Trinajstić information content (AvgIpc) is 2.27. The molecule has 0 spiro atoms. The van der Waals surface area contributed by atoms with Crippen molar-refractivity contribution in [2.45, 2.75) is 26.3 Å². The number of carbonyl (C=O) groups is 2. The third kappa shape index (κ3) is 3.96. The van der Waals surface area contributed by atoms with Crippen molar-refractivity contribution in [1.82, 2.24) is 0 Å². The lowest BCUT2D eigenvalue weighted by molar-refractivity contribution is -0.140. The SMILES string of the molecule is COc1c(C)cc(C)cc1NC(=O)CC(N)C(=O)O. The zero-order chi connectivity index (χ0) is 14.6. The largest absolute Gasteiger partial charge is 0.494 e. The highest BCUT2D eigenvalue weighted by Gasteiger charge is 2.18. The average molecular weight is 266 g/mol. The maximum atomic E-state index is 11.7. The van der Waals surface area contributed by atoms with Crippen LogP contribution in [0.15, 0.2) is 12.1 Å². The van der Waals surface area contributed by atoms with Gasteiger partial charge in [0.05, 0.1) is 19.2 Å². The standard InChI is InChI=1S/C13H18N2O4/c1-7-4-8(2)12(19-3)10(5-7)15-11(16)6-9(14)13(17)18/h4-5,9H,6,14H2,1-3H3,(H,15,16)(H,17,18). The number of carboxylic acids is 1. The first-order chi connectivity index (χ1) is 8.85. The van der Waals surface area contributed by atoms with Gasteiger partial charge in [-0.25, -0.2) is 0 Å². The minimum Gasteiger partial charge on any atom is -0.494 e. The molecular weight excluding hydrogens is 248 g/mol. The Balaban J connectivity index is 2.87. The van der Waals surface area contributed by atoms with Crippen molar-refractivity contribution < 1.29 is 19.4 Å². The second kappa shape index (κ2) is 6.19. The molecule has 0 aliphatic heterocycles. The molecule has 0 saturated heterocycles. The molecule has 1 atom stereocenters. The first-order valence-corrected chi connectivity index (χ1v) is 5.78. The van der Waals surface area contributed by atoms with Crippen molar-refractivity contribution in [3.05, 3.63) is 23.3 Å². The van der Waals surface area contributed by atoms with Gasteiger partial charge in [-0.1, -0.05) is 6.07 Å². The van der Waals surface area contributed by atoms with E-state index in [0.29, 0.717) is 11.4 Å². The molecule has 1 aromatic carbocycles. The Morgan fingerprint density at radius 3 is 2.58 bits per heavy atom. The summed E-state index contributed by atoms with van der Waals surface area (Å²) in [6.45, 7) is 3.76. The number of methoxy groups -OCH3 is 1. The summed E-state index contributed by atoms with van der Waals surface area (Å²) < 4.78 is 5.22. The summed E-state index contributed by atoms with van der Waals surface area (Å²) in [5, 5.41) is 11.3. The smallest absolute Gasteiger partial charge is 0.321 e. The molecular formula is C13H18N2O4. The lowest BCUT2D eigenvalue weighted by Crippen LogP contribution is -2.34. The van der Waals surface area contributed by atoms with Crippen molar-refractivity contribution in [2.24, 2.45) is 5.73 Å². The van der Waals surface area contributed by atoms with Gasteiger partial charge in [0.1, 0.15) is 11.8 Å². The number of aryl methyl sites for hydroxylation is 2. The van der Waals surface area contributed by atoms with Gasteiger partial charge in [0.15, 0.2) is 0 Å². The van der Waals surface area contributed by atoms with Gasteiger partial charge >= 0.3 is 5.97 Å². The highest BCUT2D eigenvalue weighted by Crippen LogP contribution is 2.29. The van der Waals surface area contributed by atoms with Crippen LogP contribution in [-0.2, 0) is 9.59 Å². The number of anilines is 1. The van der Waals surface area contributed by atoms with E-state index in [1.165, 1.54) is 7.11 Å². The van der Waals surface area contributed by atoms with Crippen LogP contribution in [0.5, 0.6) is 5.75 Å². The van der Waals surface area contributed by atoms with E-state index in [4.69, 9.17) is 15.6 Å². The highest BCUT2D eigenvalue weighted by atomic mass is 16.5. The molecule has 6 nitrogen and oxygen atoms in total. The van der Waals surface area contributed by atoms with Crippen LogP contribution in [-0.4, -0.2) is 30.1 Å². The molecule has 0 aliphatic carbocycles. The molecule has 0 saturated carbocycles. The Labute approximate surface area is 111 Å². The summed E-state index contributed by atoms with van der Waals surface area (Å²) in [7, 11) is 1.51. The fourth-order valence-electron chi connectivity index (χ4n) is 1.81. The molecule has 1 aromatic rings. The number of rotatable bonds is 5. The molecule has 6 heteroatoms. The predicted octanol–water partition coefficient (Wildman–Crippen LogP) is 1.05. The fourth-order valence-corrected chi connectivity index (χ4v) is 1.81. The number of carbonyl (C=O) groups excluding carboxylic acids is 1. The maximum Gasteiger partial charge on any atom is 0.321 e. The molecule has 1 unspecified atom stereocenters. The molecule has 0 heterocycles. The topological polar surface area (TPSA) is 102 Å². The van der Waals surface area contributed by atoms with E-state index in [2.05, 4.69) is 5.32 Å². The zero-order valence-corrected chi connectivity index (χ0v) is 11.2. The highest BCUT2D eigenvalue weighted by molar-refractivity contribution is 5.95. The minimum atomic E-state index is -1.21. The fraction of sp³-hybridized carbons (Fsp3) is 0.385. The number of aliphatic carboxylic acids is 1. The number of nitrogens with two attached hydrogens (primary N) is 1. The van der Waals surface area contributed by atoms with Gasteiger partial charge in [0.25, 0.3) is 0 Å². The van der Waals surface area contributed by atoms with Gasteiger partial charge < -0.3 is 20.9 Å². The summed E-state index contributed by atoms with van der Waals surface area (Å²) in [6, 6.07) is 2.48. The Kier molecular flexibility index (Phi) is 4.88. The predicted molar refractivity (Wildman–Crippen MR) is 71.3 cm³/mol. The number of hydrogen-bond acceptors (Lipinski definition) is 4. The quantitative estimate of drug-likeness (QED) is 0.739. The van der Waals surface area contributed by atoms with E-state index >= 15 is 0 Å². The number of carboxylic acid groups (broad SMARTS) is 1. The van der Waals surface area contributed by atoms with E-state index in [1.807, 2.05) is 19.9 Å². The molecule has 104 valence electrons. The first-order valence-electron chi connectivity index (χ1n) is 5.78. The Morgan fingerprint density at radius 1 is 1.42 bits per heavy atom. The van der Waals surface area contributed by atoms with Crippen molar-refractivity contribution in [2.75, 3.05) is 12.4 Å². The Hall–Kier alpha value is -2.08. The van der Waals surface area contributed by atoms with Crippen LogP contribution in [0.1, 0.15) is 17.5 Å². The molecule has 0 bridgehead atoms. The molecule has 1 rings (SSSR count).